The van der Waals surface area contributed by atoms with Crippen molar-refractivity contribution in [3.05, 3.63) is 24.3 Å². The van der Waals surface area contributed by atoms with Crippen LogP contribution < -0.4 is 0 Å². The lowest BCUT2D eigenvalue weighted by molar-refractivity contribution is -0.189. The largest absolute Gasteiger partial charge is 0.466 e. The van der Waals surface area contributed by atoms with Crippen molar-refractivity contribution >= 4 is 17.7 Å². The predicted molar refractivity (Wildman–Crippen MR) is 99.2 cm³/mol. The van der Waals surface area contributed by atoms with E-state index in [-0.39, 0.29) is 30.6 Å². The van der Waals surface area contributed by atoms with Crippen LogP contribution in [0.25, 0.3) is 0 Å². The lowest BCUT2D eigenvalue weighted by Gasteiger charge is -2.54. The molecular weight excluding hydrogens is 384 g/mol. The van der Waals surface area contributed by atoms with Gasteiger partial charge in [0.15, 0.2) is 0 Å². The first-order valence-corrected chi connectivity index (χ1v) is 9.34. The molecule has 4 N–H and O–H groups in total. The fourth-order valence-electron chi connectivity index (χ4n) is 4.44. The number of methoxy groups -OCH3 is 1. The fourth-order valence-corrected chi connectivity index (χ4v) is 4.44. The summed E-state index contributed by atoms with van der Waals surface area (Å²) in [6, 6.07) is 0. The van der Waals surface area contributed by atoms with E-state index in [1.807, 2.05) is 0 Å². The van der Waals surface area contributed by atoms with Crippen LogP contribution in [0.3, 0.4) is 0 Å². The van der Waals surface area contributed by atoms with Crippen molar-refractivity contribution in [2.75, 3.05) is 13.7 Å². The second kappa shape index (κ2) is 8.74. The Morgan fingerprint density at radius 1 is 1.28 bits per heavy atom. The molecular formula is C20H28O9. The molecule has 2 saturated carbocycles. The molecule has 0 unspecified atom stereocenters. The van der Waals surface area contributed by atoms with Crippen LogP contribution in [0, 0.1) is 17.3 Å². The van der Waals surface area contributed by atoms with Gasteiger partial charge < -0.3 is 29.9 Å². The highest BCUT2D eigenvalue weighted by Crippen LogP contribution is 2.52. The number of carbonyl (C=O) groups is 3. The molecule has 2 fully saturated rings. The number of aliphatic hydroxyl groups is 4. The van der Waals surface area contributed by atoms with Gasteiger partial charge in [0, 0.05) is 17.4 Å². The summed E-state index contributed by atoms with van der Waals surface area (Å²) in [5.41, 5.74) is -1.68. The maximum absolute atomic E-state index is 12.6. The van der Waals surface area contributed by atoms with E-state index < -0.39 is 65.8 Å². The number of Topliss-reactive ketones (excluding diaryl/α,β-unsaturated/α-hetero) is 1. The molecule has 0 aliphatic heterocycles. The molecule has 0 saturated heterocycles. The van der Waals surface area contributed by atoms with Crippen LogP contribution in [0.4, 0.5) is 0 Å². The molecule has 29 heavy (non-hydrogen) atoms. The van der Waals surface area contributed by atoms with E-state index >= 15 is 0 Å². The molecule has 0 aromatic heterocycles. The van der Waals surface area contributed by atoms with Crippen LogP contribution in [-0.2, 0) is 23.9 Å². The van der Waals surface area contributed by atoms with E-state index in [4.69, 9.17) is 9.84 Å². The van der Waals surface area contributed by atoms with Gasteiger partial charge in [-0.2, -0.15) is 0 Å². The van der Waals surface area contributed by atoms with Gasteiger partial charge in [-0.15, -0.1) is 0 Å². The van der Waals surface area contributed by atoms with E-state index in [9.17, 15) is 29.7 Å². The molecule has 0 radical (unpaired) electrons. The zero-order valence-electron chi connectivity index (χ0n) is 16.5. The minimum atomic E-state index is -1.54. The van der Waals surface area contributed by atoms with Gasteiger partial charge in [-0.1, -0.05) is 20.1 Å². The molecule has 7 atom stereocenters. The average molecular weight is 412 g/mol. The first-order chi connectivity index (χ1) is 13.5. The molecule has 2 rings (SSSR count). The van der Waals surface area contributed by atoms with Crippen LogP contribution >= 0.6 is 0 Å². The SMILES string of the molecule is C=C(C(=O)OC)[C@@H]1[C@@H](O)[C@@H]2C(=O)CC[C@@H](O)[C@@]2(C)C[C@@H]1OC(=O)C(=C)[C@@H](O)CO. The van der Waals surface area contributed by atoms with Crippen LogP contribution in [0.15, 0.2) is 24.3 Å². The molecule has 0 aromatic rings. The minimum absolute atomic E-state index is 0.0312. The summed E-state index contributed by atoms with van der Waals surface area (Å²) in [5, 5.41) is 40.2. The number of esters is 2. The molecule has 9 heteroatoms. The number of aliphatic hydroxyl groups excluding tert-OH is 4. The highest BCUT2D eigenvalue weighted by molar-refractivity contribution is 5.91. The van der Waals surface area contributed by atoms with Gasteiger partial charge in [0.2, 0.25) is 0 Å². The van der Waals surface area contributed by atoms with Crippen LogP contribution in [0.2, 0.25) is 0 Å². The predicted octanol–water partition coefficient (Wildman–Crippen LogP) is -0.736. The summed E-state index contributed by atoms with van der Waals surface area (Å²) in [6.07, 6.45) is -4.80. The highest BCUT2D eigenvalue weighted by Gasteiger charge is 2.60. The summed E-state index contributed by atoms with van der Waals surface area (Å²) in [6.45, 7) is 7.92. The molecule has 0 spiro atoms. The van der Waals surface area contributed by atoms with Gasteiger partial charge >= 0.3 is 11.9 Å². The summed E-state index contributed by atoms with van der Waals surface area (Å²) < 4.78 is 10.1. The molecule has 0 amide bonds. The van der Waals surface area contributed by atoms with Gasteiger partial charge in [0.05, 0.1) is 43.3 Å². The molecule has 2 aliphatic rings. The number of hydrogen-bond donors (Lipinski definition) is 4. The highest BCUT2D eigenvalue weighted by atomic mass is 16.5. The van der Waals surface area contributed by atoms with Crippen molar-refractivity contribution in [1.29, 1.82) is 0 Å². The Labute approximate surface area is 168 Å². The maximum Gasteiger partial charge on any atom is 0.336 e. The third-order valence-electron chi connectivity index (χ3n) is 6.18. The summed E-state index contributed by atoms with van der Waals surface area (Å²) in [7, 11) is 1.13. The standard InChI is InChI=1S/C20H28O9/c1-9(12(23)8-21)19(27)29-13-7-20(3)14(24)6-5-11(22)16(20)17(25)15(13)10(2)18(26)28-4/h12-17,21,23-25H,1-2,5-8H2,3-4H3/t12-,13-,14+,15-,16-,17+,20+/m0/s1. The van der Waals surface area contributed by atoms with Gasteiger partial charge in [-0.05, 0) is 12.8 Å². The topological polar surface area (TPSA) is 151 Å². The Bertz CT molecular complexity index is 715. The normalized spacial score (nSPS) is 35.2. The van der Waals surface area contributed by atoms with E-state index in [0.717, 1.165) is 7.11 Å². The van der Waals surface area contributed by atoms with Crippen LogP contribution in [0.5, 0.6) is 0 Å². The van der Waals surface area contributed by atoms with E-state index in [0.29, 0.717) is 0 Å². The molecule has 9 nitrogen and oxygen atoms in total. The van der Waals surface area contributed by atoms with Crippen molar-refractivity contribution in [2.24, 2.45) is 17.3 Å². The molecule has 0 bridgehead atoms. The first kappa shape index (κ1) is 23.2. The quantitative estimate of drug-likeness (QED) is 0.327. The first-order valence-electron chi connectivity index (χ1n) is 9.34. The smallest absolute Gasteiger partial charge is 0.336 e. The second-order valence-electron chi connectivity index (χ2n) is 7.91. The molecule has 2 aliphatic carbocycles. The molecule has 0 heterocycles. The third-order valence-corrected chi connectivity index (χ3v) is 6.18. The number of hydrogen-bond acceptors (Lipinski definition) is 9. The van der Waals surface area contributed by atoms with Gasteiger partial charge in [-0.25, -0.2) is 9.59 Å². The number of carbonyl (C=O) groups excluding carboxylic acids is 3. The van der Waals surface area contributed by atoms with Crippen molar-refractivity contribution in [3.63, 3.8) is 0 Å². The molecule has 162 valence electrons. The van der Waals surface area contributed by atoms with E-state index in [2.05, 4.69) is 17.9 Å². The molecule has 0 aromatic carbocycles. The zero-order chi connectivity index (χ0) is 22.1. The number of ether oxygens (including phenoxy) is 2. The summed E-state index contributed by atoms with van der Waals surface area (Å²) >= 11 is 0. The number of fused-ring (bicyclic) bond motifs is 1. The second-order valence-corrected chi connectivity index (χ2v) is 7.91. The van der Waals surface area contributed by atoms with Gasteiger partial charge in [0.25, 0.3) is 0 Å². The van der Waals surface area contributed by atoms with Crippen molar-refractivity contribution < 1.29 is 44.3 Å². The van der Waals surface area contributed by atoms with E-state index in [1.165, 1.54) is 0 Å². The van der Waals surface area contributed by atoms with Gasteiger partial charge in [-0.3, -0.25) is 4.79 Å². The zero-order valence-corrected chi connectivity index (χ0v) is 16.5. The Balaban J connectivity index is 2.42. The van der Waals surface area contributed by atoms with Crippen molar-refractivity contribution in [2.45, 2.75) is 50.6 Å². The summed E-state index contributed by atoms with van der Waals surface area (Å²) in [5.74, 6) is -4.25. The Hall–Kier alpha value is -2.07. The Morgan fingerprint density at radius 3 is 2.45 bits per heavy atom. The fraction of sp³-hybridized carbons (Fsp3) is 0.650. The van der Waals surface area contributed by atoms with Crippen LogP contribution in [0.1, 0.15) is 26.2 Å². The minimum Gasteiger partial charge on any atom is -0.466 e. The van der Waals surface area contributed by atoms with Crippen molar-refractivity contribution in [1.82, 2.24) is 0 Å². The van der Waals surface area contributed by atoms with Crippen LogP contribution in [-0.4, -0.2) is 76.3 Å². The average Bonchev–Trinajstić information content (AvgIpc) is 2.68. The van der Waals surface area contributed by atoms with E-state index in [1.54, 1.807) is 6.92 Å². The Kier molecular flexibility index (Phi) is 7.00. The number of rotatable bonds is 6. The van der Waals surface area contributed by atoms with Gasteiger partial charge in [0.1, 0.15) is 18.0 Å². The summed E-state index contributed by atoms with van der Waals surface area (Å²) in [4.78, 5) is 37.0. The lowest BCUT2D eigenvalue weighted by Crippen LogP contribution is -2.62. The van der Waals surface area contributed by atoms with Crippen molar-refractivity contribution in [3.8, 4) is 0 Å². The maximum atomic E-state index is 12.6. The third kappa shape index (κ3) is 4.13. The Morgan fingerprint density at radius 2 is 1.90 bits per heavy atom. The number of ketones is 1. The monoisotopic (exact) mass is 412 g/mol. The lowest BCUT2D eigenvalue weighted by atomic mass is 9.53.